The molecule has 0 aliphatic carbocycles. The summed E-state index contributed by atoms with van der Waals surface area (Å²) in [6, 6.07) is 8.61. The van der Waals surface area contributed by atoms with Crippen LogP contribution < -0.4 is 0 Å². The van der Waals surface area contributed by atoms with Crippen LogP contribution >= 0.6 is 0 Å². The maximum atomic E-state index is 12.7. The van der Waals surface area contributed by atoms with E-state index in [-0.39, 0.29) is 24.7 Å². The summed E-state index contributed by atoms with van der Waals surface area (Å²) in [5, 5.41) is 0. The van der Waals surface area contributed by atoms with E-state index in [1.165, 1.54) is 17.9 Å². The van der Waals surface area contributed by atoms with Crippen LogP contribution in [-0.2, 0) is 14.3 Å². The topological polar surface area (TPSA) is 63.7 Å². The Morgan fingerprint density at radius 3 is 2.68 bits per heavy atom. The first kappa shape index (κ1) is 15.9. The number of benzene rings is 1. The van der Waals surface area contributed by atoms with Gasteiger partial charge in [0.25, 0.3) is 5.91 Å². The molecule has 1 fully saturated rings. The fraction of sp³-hybridized carbons (Fsp3) is 0.353. The minimum absolute atomic E-state index is 0.00900. The van der Waals surface area contributed by atoms with Gasteiger partial charge in [0.2, 0.25) is 0 Å². The highest BCUT2D eigenvalue weighted by Crippen LogP contribution is 2.28. The summed E-state index contributed by atoms with van der Waals surface area (Å²) >= 11 is 0. The number of esters is 1. The van der Waals surface area contributed by atoms with E-state index in [9.17, 15) is 14.4 Å². The molecule has 0 radical (unpaired) electrons. The van der Waals surface area contributed by atoms with Crippen molar-refractivity contribution in [3.63, 3.8) is 0 Å². The normalized spacial score (nSPS) is 21.3. The first-order chi connectivity index (χ1) is 10.5. The van der Waals surface area contributed by atoms with Gasteiger partial charge in [-0.15, -0.1) is 0 Å². The molecule has 5 nitrogen and oxygen atoms in total. The summed E-state index contributed by atoms with van der Waals surface area (Å²) in [6.45, 7) is 5.29. The third kappa shape index (κ3) is 2.79. The largest absolute Gasteiger partial charge is 0.459 e. The summed E-state index contributed by atoms with van der Waals surface area (Å²) in [7, 11) is 0. The van der Waals surface area contributed by atoms with Crippen molar-refractivity contribution < 1.29 is 19.1 Å². The van der Waals surface area contributed by atoms with Crippen molar-refractivity contribution in [1.29, 1.82) is 0 Å². The number of carbonyl (C=O) groups excluding carboxylic acids is 3. The van der Waals surface area contributed by atoms with E-state index in [0.29, 0.717) is 18.5 Å². The molecule has 0 bridgehead atoms. The van der Waals surface area contributed by atoms with Gasteiger partial charge in [0.15, 0.2) is 11.3 Å². The van der Waals surface area contributed by atoms with Gasteiger partial charge in [-0.2, -0.15) is 0 Å². The molecule has 1 aliphatic heterocycles. The average Bonchev–Trinajstić information content (AvgIpc) is 2.55. The van der Waals surface area contributed by atoms with Gasteiger partial charge in [-0.1, -0.05) is 30.9 Å². The molecule has 1 atom stereocenters. The zero-order valence-electron chi connectivity index (χ0n) is 12.6. The van der Waals surface area contributed by atoms with Crippen LogP contribution in [0, 0.1) is 0 Å². The van der Waals surface area contributed by atoms with Crippen molar-refractivity contribution in [2.24, 2.45) is 0 Å². The summed E-state index contributed by atoms with van der Waals surface area (Å²) < 4.78 is 5.05. The lowest BCUT2D eigenvalue weighted by molar-refractivity contribution is -0.161. The number of Topliss-reactive ketones (excluding diaryl/α,β-unsaturated/α-hetero) is 1. The smallest absolute Gasteiger partial charge is 0.339 e. The minimum atomic E-state index is -1.58. The summed E-state index contributed by atoms with van der Waals surface area (Å²) in [5.41, 5.74) is -1.13. The lowest BCUT2D eigenvalue weighted by Crippen LogP contribution is -2.63. The highest BCUT2D eigenvalue weighted by Gasteiger charge is 2.51. The lowest BCUT2D eigenvalue weighted by Gasteiger charge is -2.41. The maximum absolute atomic E-state index is 12.7. The molecule has 1 aliphatic rings. The van der Waals surface area contributed by atoms with Gasteiger partial charge in [0, 0.05) is 18.5 Å². The van der Waals surface area contributed by atoms with Crippen molar-refractivity contribution >= 4 is 17.7 Å². The van der Waals surface area contributed by atoms with E-state index in [2.05, 4.69) is 6.58 Å². The lowest BCUT2D eigenvalue weighted by atomic mass is 9.86. The molecule has 1 aromatic rings. The van der Waals surface area contributed by atoms with Gasteiger partial charge in [0.1, 0.15) is 6.61 Å². The predicted octanol–water partition coefficient (Wildman–Crippen LogP) is 1.98. The molecule has 116 valence electrons. The minimum Gasteiger partial charge on any atom is -0.459 e. The zero-order chi connectivity index (χ0) is 16.2. The van der Waals surface area contributed by atoms with Gasteiger partial charge in [0.05, 0.1) is 0 Å². The Morgan fingerprint density at radius 1 is 1.36 bits per heavy atom. The van der Waals surface area contributed by atoms with Crippen molar-refractivity contribution in [3.05, 3.63) is 48.6 Å². The second-order valence-electron chi connectivity index (χ2n) is 5.31. The zero-order valence-corrected chi connectivity index (χ0v) is 12.6. The molecule has 0 saturated carbocycles. The Balaban J connectivity index is 2.34. The van der Waals surface area contributed by atoms with Crippen molar-refractivity contribution in [2.45, 2.75) is 25.3 Å². The number of ether oxygens (including phenoxy) is 1. The highest BCUT2D eigenvalue weighted by molar-refractivity contribution is 6.12. The number of nitrogens with zero attached hydrogens (tertiary/aromatic N) is 1. The molecule has 2 rings (SSSR count). The summed E-state index contributed by atoms with van der Waals surface area (Å²) in [6.07, 6.45) is 2.23. The molecular formula is C17H19NO4. The molecule has 5 heteroatoms. The SMILES string of the molecule is C=CCOC(=O)C1(C)C(=O)CCCN1C(=O)c1ccccc1. The molecule has 1 heterocycles. The fourth-order valence-corrected chi connectivity index (χ4v) is 2.56. The molecule has 1 unspecified atom stereocenters. The number of hydrogen-bond donors (Lipinski definition) is 0. The molecule has 1 saturated heterocycles. The number of piperidine rings is 1. The number of carbonyl (C=O) groups is 3. The van der Waals surface area contributed by atoms with Crippen LogP contribution in [0.25, 0.3) is 0 Å². The second kappa shape index (κ2) is 6.56. The van der Waals surface area contributed by atoms with Crippen molar-refractivity contribution in [2.75, 3.05) is 13.2 Å². The van der Waals surface area contributed by atoms with Crippen molar-refractivity contribution in [3.8, 4) is 0 Å². The average molecular weight is 301 g/mol. The molecule has 0 spiro atoms. The molecular weight excluding hydrogens is 282 g/mol. The molecule has 0 aromatic heterocycles. The highest BCUT2D eigenvalue weighted by atomic mass is 16.5. The van der Waals surface area contributed by atoms with Crippen LogP contribution in [0.4, 0.5) is 0 Å². The van der Waals surface area contributed by atoms with E-state index in [1.807, 2.05) is 0 Å². The number of hydrogen-bond acceptors (Lipinski definition) is 4. The van der Waals surface area contributed by atoms with E-state index in [4.69, 9.17) is 4.74 Å². The monoisotopic (exact) mass is 301 g/mol. The van der Waals surface area contributed by atoms with Gasteiger partial charge >= 0.3 is 5.97 Å². The molecule has 22 heavy (non-hydrogen) atoms. The molecule has 1 amide bonds. The van der Waals surface area contributed by atoms with Gasteiger partial charge in [-0.25, -0.2) is 4.79 Å². The number of ketones is 1. The van der Waals surface area contributed by atoms with Crippen LogP contribution in [0.15, 0.2) is 43.0 Å². The van der Waals surface area contributed by atoms with Crippen LogP contribution in [0.1, 0.15) is 30.1 Å². The molecule has 1 aromatic carbocycles. The second-order valence-corrected chi connectivity index (χ2v) is 5.31. The first-order valence-corrected chi connectivity index (χ1v) is 7.20. The van der Waals surface area contributed by atoms with Gasteiger partial charge in [-0.3, -0.25) is 9.59 Å². The third-order valence-electron chi connectivity index (χ3n) is 3.86. The van der Waals surface area contributed by atoms with Crippen LogP contribution in [0.3, 0.4) is 0 Å². The van der Waals surface area contributed by atoms with Gasteiger partial charge in [-0.05, 0) is 25.5 Å². The summed E-state index contributed by atoms with van der Waals surface area (Å²) in [5.74, 6) is -1.34. The standard InChI is InChI=1S/C17H19NO4/c1-3-12-22-16(21)17(2)14(19)10-7-11-18(17)15(20)13-8-5-4-6-9-13/h3-6,8-9H,1,7,10-12H2,2H3. The first-order valence-electron chi connectivity index (χ1n) is 7.20. The Bertz CT molecular complexity index is 596. The number of rotatable bonds is 4. The Labute approximate surface area is 129 Å². The van der Waals surface area contributed by atoms with E-state index in [1.54, 1.807) is 30.3 Å². The number of amides is 1. The Morgan fingerprint density at radius 2 is 2.05 bits per heavy atom. The predicted molar refractivity (Wildman–Crippen MR) is 81.3 cm³/mol. The fourth-order valence-electron chi connectivity index (χ4n) is 2.56. The quantitative estimate of drug-likeness (QED) is 0.484. The van der Waals surface area contributed by atoms with E-state index in [0.717, 1.165) is 0 Å². The molecule has 0 N–H and O–H groups in total. The Kier molecular flexibility index (Phi) is 4.75. The Hall–Kier alpha value is -2.43. The van der Waals surface area contributed by atoms with Crippen molar-refractivity contribution in [1.82, 2.24) is 4.90 Å². The maximum Gasteiger partial charge on any atom is 0.339 e. The number of likely N-dealkylation sites (tertiary alicyclic amines) is 1. The van der Waals surface area contributed by atoms with E-state index < -0.39 is 11.5 Å². The summed E-state index contributed by atoms with van der Waals surface area (Å²) in [4.78, 5) is 38.7. The van der Waals surface area contributed by atoms with Crippen LogP contribution in [0.5, 0.6) is 0 Å². The van der Waals surface area contributed by atoms with E-state index >= 15 is 0 Å². The van der Waals surface area contributed by atoms with Gasteiger partial charge < -0.3 is 9.64 Å². The third-order valence-corrected chi connectivity index (χ3v) is 3.86. The van der Waals surface area contributed by atoms with Crippen LogP contribution in [-0.4, -0.2) is 41.3 Å². The van der Waals surface area contributed by atoms with Crippen LogP contribution in [0.2, 0.25) is 0 Å².